The van der Waals surface area contributed by atoms with Crippen LogP contribution in [0.15, 0.2) is 0 Å². The van der Waals surface area contributed by atoms with E-state index >= 15 is 0 Å². The van der Waals surface area contributed by atoms with E-state index in [1.54, 1.807) is 0 Å². The smallest absolute Gasteiger partial charge is 0.229 e. The summed E-state index contributed by atoms with van der Waals surface area (Å²) in [7, 11) is 0. The summed E-state index contributed by atoms with van der Waals surface area (Å²) in [5.41, 5.74) is -0.165. The highest BCUT2D eigenvalue weighted by atomic mass is 16.2. The van der Waals surface area contributed by atoms with Gasteiger partial charge in [-0.3, -0.25) is 14.5 Å². The van der Waals surface area contributed by atoms with Crippen LogP contribution in [0.4, 0.5) is 0 Å². The molecular formula is C12H17NO2. The van der Waals surface area contributed by atoms with E-state index in [4.69, 9.17) is 6.42 Å². The summed E-state index contributed by atoms with van der Waals surface area (Å²) in [5, 5.41) is 0. The van der Waals surface area contributed by atoms with Crippen LogP contribution >= 0.6 is 0 Å². The monoisotopic (exact) mass is 207 g/mol. The Morgan fingerprint density at radius 2 is 1.80 bits per heavy atom. The summed E-state index contributed by atoms with van der Waals surface area (Å²) in [6.07, 6.45) is 6.38. The molecule has 0 aliphatic carbocycles. The summed E-state index contributed by atoms with van der Waals surface area (Å²) in [6, 6.07) is -0.176. The molecule has 1 aliphatic rings. The molecule has 82 valence electrons. The molecule has 0 aromatic heterocycles. The highest BCUT2D eigenvalue weighted by Crippen LogP contribution is 2.30. The molecule has 0 saturated carbocycles. The fourth-order valence-corrected chi connectivity index (χ4v) is 1.84. The van der Waals surface area contributed by atoms with Crippen molar-refractivity contribution in [1.29, 1.82) is 0 Å². The van der Waals surface area contributed by atoms with Crippen LogP contribution in [0.1, 0.15) is 40.0 Å². The number of rotatable bonds is 2. The minimum Gasteiger partial charge on any atom is -0.278 e. The first kappa shape index (κ1) is 11.8. The molecule has 15 heavy (non-hydrogen) atoms. The maximum Gasteiger partial charge on any atom is 0.229 e. The van der Waals surface area contributed by atoms with Crippen LogP contribution in [-0.2, 0) is 9.59 Å². The normalized spacial score (nSPS) is 19.2. The zero-order valence-electron chi connectivity index (χ0n) is 9.54. The second kappa shape index (κ2) is 4.06. The second-order valence-electron chi connectivity index (χ2n) is 4.95. The van der Waals surface area contributed by atoms with Crippen LogP contribution < -0.4 is 0 Å². The van der Waals surface area contributed by atoms with Gasteiger partial charge in [-0.2, -0.15) is 0 Å². The molecule has 1 saturated heterocycles. The minimum atomic E-state index is -0.176. The fraction of sp³-hybridized carbons (Fsp3) is 0.667. The van der Waals surface area contributed by atoms with Crippen LogP contribution in [0.2, 0.25) is 0 Å². The quantitative estimate of drug-likeness (QED) is 0.509. The zero-order valence-corrected chi connectivity index (χ0v) is 9.54. The van der Waals surface area contributed by atoms with Crippen LogP contribution in [0, 0.1) is 17.8 Å². The molecule has 0 spiro atoms. The molecule has 0 aromatic carbocycles. The average Bonchev–Trinajstić information content (AvgIpc) is 2.41. The van der Waals surface area contributed by atoms with Gasteiger partial charge in [0.15, 0.2) is 0 Å². The van der Waals surface area contributed by atoms with Gasteiger partial charge in [0, 0.05) is 19.3 Å². The third-order valence-electron chi connectivity index (χ3n) is 2.71. The lowest BCUT2D eigenvalue weighted by atomic mass is 9.84. The van der Waals surface area contributed by atoms with E-state index in [0.717, 1.165) is 0 Å². The first-order valence-corrected chi connectivity index (χ1v) is 5.16. The SMILES string of the molecule is C#CCC(N1C(=O)CCC1=O)C(C)(C)C. The topological polar surface area (TPSA) is 37.4 Å². The Morgan fingerprint density at radius 3 is 2.13 bits per heavy atom. The van der Waals surface area contributed by atoms with Crippen molar-refractivity contribution in [3.8, 4) is 12.3 Å². The number of nitrogens with zero attached hydrogens (tertiary/aromatic N) is 1. The van der Waals surface area contributed by atoms with Crippen molar-refractivity contribution in [3.63, 3.8) is 0 Å². The number of carbonyl (C=O) groups excluding carboxylic acids is 2. The lowest BCUT2D eigenvalue weighted by Crippen LogP contribution is -2.46. The van der Waals surface area contributed by atoms with Crippen molar-refractivity contribution >= 4 is 11.8 Å². The Balaban J connectivity index is 2.94. The van der Waals surface area contributed by atoms with E-state index in [9.17, 15) is 9.59 Å². The lowest BCUT2D eigenvalue weighted by molar-refractivity contribution is -0.143. The van der Waals surface area contributed by atoms with Gasteiger partial charge in [-0.15, -0.1) is 12.3 Å². The van der Waals surface area contributed by atoms with Crippen LogP contribution in [0.5, 0.6) is 0 Å². The minimum absolute atomic E-state index is 0.0878. The molecule has 0 radical (unpaired) electrons. The lowest BCUT2D eigenvalue weighted by Gasteiger charge is -2.35. The Labute approximate surface area is 90.8 Å². The number of hydrogen-bond acceptors (Lipinski definition) is 2. The van der Waals surface area contributed by atoms with Crippen molar-refractivity contribution in [3.05, 3.63) is 0 Å². The summed E-state index contributed by atoms with van der Waals surface area (Å²) >= 11 is 0. The van der Waals surface area contributed by atoms with E-state index in [2.05, 4.69) is 5.92 Å². The van der Waals surface area contributed by atoms with Gasteiger partial charge in [0.25, 0.3) is 0 Å². The van der Waals surface area contributed by atoms with E-state index in [0.29, 0.717) is 19.3 Å². The summed E-state index contributed by atoms with van der Waals surface area (Å²) < 4.78 is 0. The first-order valence-electron chi connectivity index (χ1n) is 5.16. The van der Waals surface area contributed by atoms with Gasteiger partial charge in [0.05, 0.1) is 6.04 Å². The Bertz CT molecular complexity index is 303. The summed E-state index contributed by atoms with van der Waals surface area (Å²) in [4.78, 5) is 24.5. The average molecular weight is 207 g/mol. The number of likely N-dealkylation sites (tertiary alicyclic amines) is 1. The van der Waals surface area contributed by atoms with Crippen LogP contribution in [0.25, 0.3) is 0 Å². The Hall–Kier alpha value is -1.30. The van der Waals surface area contributed by atoms with Gasteiger partial charge in [0.1, 0.15) is 0 Å². The Kier molecular flexibility index (Phi) is 3.18. The van der Waals surface area contributed by atoms with Crippen molar-refractivity contribution in [2.24, 2.45) is 5.41 Å². The maximum absolute atomic E-state index is 11.6. The zero-order chi connectivity index (χ0) is 11.6. The van der Waals surface area contributed by atoms with Gasteiger partial charge < -0.3 is 0 Å². The van der Waals surface area contributed by atoms with Gasteiger partial charge in [-0.05, 0) is 5.41 Å². The van der Waals surface area contributed by atoms with E-state index < -0.39 is 0 Å². The van der Waals surface area contributed by atoms with Gasteiger partial charge in [-0.25, -0.2) is 0 Å². The van der Waals surface area contributed by atoms with Gasteiger partial charge in [-0.1, -0.05) is 20.8 Å². The molecule has 1 aliphatic heterocycles. The highest BCUT2D eigenvalue weighted by Gasteiger charge is 2.39. The van der Waals surface area contributed by atoms with Gasteiger partial charge in [0.2, 0.25) is 11.8 Å². The highest BCUT2D eigenvalue weighted by molar-refractivity contribution is 6.02. The molecule has 3 nitrogen and oxygen atoms in total. The summed E-state index contributed by atoms with van der Waals surface area (Å²) in [5.74, 6) is 2.37. The van der Waals surface area contributed by atoms with Crippen molar-refractivity contribution in [2.45, 2.75) is 46.1 Å². The molecule has 1 rings (SSSR count). The molecule has 1 atom stereocenters. The number of amides is 2. The summed E-state index contributed by atoms with van der Waals surface area (Å²) in [6.45, 7) is 5.98. The van der Waals surface area contributed by atoms with E-state index in [1.165, 1.54) is 4.90 Å². The van der Waals surface area contributed by atoms with E-state index in [-0.39, 0.29) is 23.3 Å². The molecule has 3 heteroatoms. The number of terminal acetylenes is 1. The van der Waals surface area contributed by atoms with Gasteiger partial charge >= 0.3 is 0 Å². The number of hydrogen-bond donors (Lipinski definition) is 0. The number of carbonyl (C=O) groups is 2. The van der Waals surface area contributed by atoms with Crippen molar-refractivity contribution in [1.82, 2.24) is 4.90 Å². The van der Waals surface area contributed by atoms with Crippen molar-refractivity contribution < 1.29 is 9.59 Å². The maximum atomic E-state index is 11.6. The third kappa shape index (κ3) is 2.38. The third-order valence-corrected chi connectivity index (χ3v) is 2.71. The fourth-order valence-electron chi connectivity index (χ4n) is 1.84. The Morgan fingerprint density at radius 1 is 1.33 bits per heavy atom. The largest absolute Gasteiger partial charge is 0.278 e. The molecule has 0 bridgehead atoms. The molecule has 1 unspecified atom stereocenters. The first-order chi connectivity index (χ1) is 6.88. The van der Waals surface area contributed by atoms with Crippen LogP contribution in [-0.4, -0.2) is 22.8 Å². The molecule has 2 amide bonds. The standard InChI is InChI=1S/C12H17NO2/c1-5-6-9(12(2,3)4)13-10(14)7-8-11(13)15/h1,9H,6-8H2,2-4H3. The predicted molar refractivity (Wildman–Crippen MR) is 57.8 cm³/mol. The molecule has 1 heterocycles. The molecule has 0 aromatic rings. The number of imide groups is 1. The predicted octanol–water partition coefficient (Wildman–Crippen LogP) is 1.57. The molecule has 0 N–H and O–H groups in total. The van der Waals surface area contributed by atoms with Crippen molar-refractivity contribution in [2.75, 3.05) is 0 Å². The second-order valence-corrected chi connectivity index (χ2v) is 4.95. The van der Waals surface area contributed by atoms with E-state index in [1.807, 2.05) is 20.8 Å². The molecule has 1 fully saturated rings. The van der Waals surface area contributed by atoms with Crippen LogP contribution in [0.3, 0.4) is 0 Å². The molecular weight excluding hydrogens is 190 g/mol.